The van der Waals surface area contributed by atoms with Gasteiger partial charge in [0.25, 0.3) is 0 Å². The summed E-state index contributed by atoms with van der Waals surface area (Å²) in [6, 6.07) is 6.17. The Morgan fingerprint density at radius 1 is 1.54 bits per heavy atom. The second kappa shape index (κ2) is 3.50. The SMILES string of the molecule is Cc1cccc2c1OC(CCl)C2Br. The second-order valence-corrected chi connectivity index (χ2v) is 4.50. The van der Waals surface area contributed by atoms with Gasteiger partial charge in [0.15, 0.2) is 0 Å². The van der Waals surface area contributed by atoms with Gasteiger partial charge >= 0.3 is 0 Å². The fraction of sp³-hybridized carbons (Fsp3) is 0.400. The number of para-hydroxylation sites is 1. The average Bonchev–Trinajstić information content (AvgIpc) is 2.45. The van der Waals surface area contributed by atoms with Crippen molar-refractivity contribution in [2.24, 2.45) is 0 Å². The molecule has 0 aliphatic carbocycles. The summed E-state index contributed by atoms with van der Waals surface area (Å²) < 4.78 is 5.72. The summed E-state index contributed by atoms with van der Waals surface area (Å²) in [4.78, 5) is 0.236. The molecule has 13 heavy (non-hydrogen) atoms. The van der Waals surface area contributed by atoms with E-state index < -0.39 is 0 Å². The van der Waals surface area contributed by atoms with Gasteiger partial charge in [-0.3, -0.25) is 0 Å². The van der Waals surface area contributed by atoms with E-state index in [1.165, 1.54) is 11.1 Å². The number of halogens is 2. The average molecular weight is 262 g/mol. The molecule has 0 saturated carbocycles. The Bertz CT molecular complexity index is 327. The van der Waals surface area contributed by atoms with Crippen molar-refractivity contribution in [2.45, 2.75) is 17.9 Å². The Kier molecular flexibility index (Phi) is 2.52. The normalized spacial score (nSPS) is 25.5. The molecular formula is C10H10BrClO. The highest BCUT2D eigenvalue weighted by atomic mass is 79.9. The zero-order valence-electron chi connectivity index (χ0n) is 7.26. The number of hydrogen-bond donors (Lipinski definition) is 0. The molecule has 1 heterocycles. The Morgan fingerprint density at radius 3 is 2.92 bits per heavy atom. The van der Waals surface area contributed by atoms with Crippen LogP contribution in [0.15, 0.2) is 18.2 Å². The highest BCUT2D eigenvalue weighted by molar-refractivity contribution is 9.09. The van der Waals surface area contributed by atoms with E-state index in [9.17, 15) is 0 Å². The van der Waals surface area contributed by atoms with E-state index in [0.717, 1.165) is 5.75 Å². The maximum Gasteiger partial charge on any atom is 0.129 e. The molecule has 1 aliphatic rings. The highest BCUT2D eigenvalue weighted by Gasteiger charge is 2.32. The van der Waals surface area contributed by atoms with Crippen molar-refractivity contribution in [3.05, 3.63) is 29.3 Å². The molecule has 0 N–H and O–H groups in total. The van der Waals surface area contributed by atoms with Gasteiger partial charge in [0.1, 0.15) is 11.9 Å². The van der Waals surface area contributed by atoms with Crippen molar-refractivity contribution in [1.29, 1.82) is 0 Å². The molecule has 1 nitrogen and oxygen atoms in total. The van der Waals surface area contributed by atoms with Gasteiger partial charge in [-0.1, -0.05) is 34.1 Å². The van der Waals surface area contributed by atoms with Crippen LogP contribution in [0.25, 0.3) is 0 Å². The lowest BCUT2D eigenvalue weighted by atomic mass is 10.1. The van der Waals surface area contributed by atoms with Crippen LogP contribution in [0.4, 0.5) is 0 Å². The quantitative estimate of drug-likeness (QED) is 0.704. The molecule has 1 aliphatic heterocycles. The van der Waals surface area contributed by atoms with Crippen LogP contribution in [0.1, 0.15) is 16.0 Å². The minimum absolute atomic E-state index is 0.0674. The molecular weight excluding hydrogens is 251 g/mol. The molecule has 0 fully saturated rings. The number of hydrogen-bond acceptors (Lipinski definition) is 1. The lowest BCUT2D eigenvalue weighted by Gasteiger charge is -2.09. The molecule has 1 aromatic rings. The third-order valence-electron chi connectivity index (χ3n) is 2.29. The first-order valence-corrected chi connectivity index (χ1v) is 5.65. The molecule has 70 valence electrons. The van der Waals surface area contributed by atoms with Crippen LogP contribution < -0.4 is 4.74 Å². The van der Waals surface area contributed by atoms with E-state index in [1.54, 1.807) is 0 Å². The van der Waals surface area contributed by atoms with Gasteiger partial charge < -0.3 is 4.74 Å². The maximum atomic E-state index is 5.79. The number of benzene rings is 1. The minimum atomic E-state index is 0.0674. The fourth-order valence-corrected chi connectivity index (χ4v) is 2.69. The van der Waals surface area contributed by atoms with E-state index in [0.29, 0.717) is 5.88 Å². The molecule has 2 atom stereocenters. The van der Waals surface area contributed by atoms with Crippen LogP contribution in [0.5, 0.6) is 5.75 Å². The van der Waals surface area contributed by atoms with E-state index in [-0.39, 0.29) is 10.9 Å². The van der Waals surface area contributed by atoms with Gasteiger partial charge in [-0.25, -0.2) is 0 Å². The predicted octanol–water partition coefficient (Wildman–Crippen LogP) is 3.43. The summed E-state index contributed by atoms with van der Waals surface area (Å²) in [7, 11) is 0. The van der Waals surface area contributed by atoms with E-state index >= 15 is 0 Å². The summed E-state index contributed by atoms with van der Waals surface area (Å²) >= 11 is 9.38. The Morgan fingerprint density at radius 2 is 2.31 bits per heavy atom. The number of fused-ring (bicyclic) bond motifs is 1. The van der Waals surface area contributed by atoms with E-state index in [2.05, 4.69) is 35.0 Å². The topological polar surface area (TPSA) is 9.23 Å². The van der Waals surface area contributed by atoms with Crippen molar-refractivity contribution in [1.82, 2.24) is 0 Å². The molecule has 1 aromatic carbocycles. The number of rotatable bonds is 1. The summed E-state index contributed by atoms with van der Waals surface area (Å²) in [6.07, 6.45) is 0.0674. The van der Waals surface area contributed by atoms with Crippen molar-refractivity contribution in [2.75, 3.05) is 5.88 Å². The maximum absolute atomic E-state index is 5.79. The largest absolute Gasteiger partial charge is 0.487 e. The number of ether oxygens (including phenoxy) is 1. The van der Waals surface area contributed by atoms with Crippen LogP contribution in [-0.4, -0.2) is 12.0 Å². The van der Waals surface area contributed by atoms with Crippen molar-refractivity contribution in [3.8, 4) is 5.75 Å². The zero-order valence-corrected chi connectivity index (χ0v) is 9.60. The van der Waals surface area contributed by atoms with Crippen molar-refractivity contribution < 1.29 is 4.74 Å². The second-order valence-electron chi connectivity index (χ2n) is 3.21. The zero-order chi connectivity index (χ0) is 9.42. The molecule has 2 unspecified atom stereocenters. The molecule has 0 radical (unpaired) electrons. The standard InChI is InChI=1S/C10H10BrClO/c1-6-3-2-4-7-9(11)8(5-12)13-10(6)7/h2-4,8-9H,5H2,1H3. The molecule has 0 saturated heterocycles. The summed E-state index contributed by atoms with van der Waals surface area (Å²) in [5.41, 5.74) is 2.39. The molecule has 0 amide bonds. The van der Waals surface area contributed by atoms with Crippen molar-refractivity contribution in [3.63, 3.8) is 0 Å². The Balaban J connectivity index is 2.43. The molecule has 2 rings (SSSR count). The van der Waals surface area contributed by atoms with Crippen molar-refractivity contribution >= 4 is 27.5 Å². The van der Waals surface area contributed by atoms with Gasteiger partial charge in [0, 0.05) is 5.56 Å². The predicted molar refractivity (Wildman–Crippen MR) is 58.0 cm³/mol. The van der Waals surface area contributed by atoms with E-state index in [4.69, 9.17) is 16.3 Å². The van der Waals surface area contributed by atoms with Crippen LogP contribution in [-0.2, 0) is 0 Å². The third kappa shape index (κ3) is 1.46. The lowest BCUT2D eigenvalue weighted by Crippen LogP contribution is -2.16. The third-order valence-corrected chi connectivity index (χ3v) is 3.67. The Labute approximate surface area is 91.2 Å². The summed E-state index contributed by atoms with van der Waals surface area (Å²) in [5, 5.41) is 0. The van der Waals surface area contributed by atoms with Crippen LogP contribution in [0.3, 0.4) is 0 Å². The molecule has 0 spiro atoms. The Hall–Kier alpha value is -0.210. The smallest absolute Gasteiger partial charge is 0.129 e. The molecule has 0 aromatic heterocycles. The van der Waals surface area contributed by atoms with Crippen LogP contribution in [0, 0.1) is 6.92 Å². The molecule has 3 heteroatoms. The highest BCUT2D eigenvalue weighted by Crippen LogP contribution is 2.43. The number of alkyl halides is 2. The van der Waals surface area contributed by atoms with E-state index in [1.807, 2.05) is 6.07 Å². The lowest BCUT2D eigenvalue weighted by molar-refractivity contribution is 0.255. The van der Waals surface area contributed by atoms with Gasteiger partial charge in [-0.05, 0) is 12.5 Å². The van der Waals surface area contributed by atoms with Gasteiger partial charge in [-0.15, -0.1) is 11.6 Å². The monoisotopic (exact) mass is 260 g/mol. The van der Waals surface area contributed by atoms with Crippen LogP contribution in [0.2, 0.25) is 0 Å². The van der Waals surface area contributed by atoms with Crippen LogP contribution >= 0.6 is 27.5 Å². The number of aryl methyl sites for hydroxylation is 1. The van der Waals surface area contributed by atoms with Gasteiger partial charge in [0.2, 0.25) is 0 Å². The molecule has 0 bridgehead atoms. The fourth-order valence-electron chi connectivity index (χ4n) is 1.57. The first kappa shape index (κ1) is 9.35. The summed E-state index contributed by atoms with van der Waals surface area (Å²) in [5.74, 6) is 1.51. The summed E-state index contributed by atoms with van der Waals surface area (Å²) in [6.45, 7) is 2.05. The van der Waals surface area contributed by atoms with Gasteiger partial charge in [-0.2, -0.15) is 0 Å². The first-order chi connectivity index (χ1) is 6.24. The minimum Gasteiger partial charge on any atom is -0.487 e. The van der Waals surface area contributed by atoms with Gasteiger partial charge in [0.05, 0.1) is 10.7 Å². The first-order valence-electron chi connectivity index (χ1n) is 4.20.